The Morgan fingerprint density at radius 1 is 1.29 bits per heavy atom. The van der Waals surface area contributed by atoms with Crippen LogP contribution in [0.1, 0.15) is 38.2 Å². The predicted molar refractivity (Wildman–Crippen MR) is 79.0 cm³/mol. The molecule has 1 aliphatic carbocycles. The van der Waals surface area contributed by atoms with E-state index in [1.807, 2.05) is 30.3 Å². The molecule has 112 valence electrons. The fraction of sp³-hybridized carbons (Fsp3) is 0.529. The van der Waals surface area contributed by atoms with Crippen LogP contribution in [0.5, 0.6) is 0 Å². The van der Waals surface area contributed by atoms with Crippen molar-refractivity contribution < 1.29 is 14.3 Å². The van der Waals surface area contributed by atoms with Gasteiger partial charge in [-0.15, -0.1) is 0 Å². The quantitative estimate of drug-likeness (QED) is 0.855. The van der Waals surface area contributed by atoms with E-state index < -0.39 is 5.54 Å². The number of carbonyl (C=O) groups is 2. The number of amides is 1. The van der Waals surface area contributed by atoms with Crippen molar-refractivity contribution in [1.29, 1.82) is 0 Å². The van der Waals surface area contributed by atoms with E-state index in [-0.39, 0.29) is 24.5 Å². The Hall–Kier alpha value is -1.84. The summed E-state index contributed by atoms with van der Waals surface area (Å²) in [6, 6.07) is 10.0. The second-order valence-corrected chi connectivity index (χ2v) is 6.11. The zero-order valence-electron chi connectivity index (χ0n) is 12.4. The van der Waals surface area contributed by atoms with Crippen LogP contribution in [0.25, 0.3) is 0 Å². The van der Waals surface area contributed by atoms with E-state index in [4.69, 9.17) is 4.74 Å². The Bertz CT molecular complexity index is 536. The fourth-order valence-electron chi connectivity index (χ4n) is 3.62. The van der Waals surface area contributed by atoms with Crippen molar-refractivity contribution in [3.63, 3.8) is 0 Å². The molecule has 1 aromatic carbocycles. The third kappa shape index (κ3) is 2.43. The van der Waals surface area contributed by atoms with Crippen LogP contribution in [-0.4, -0.2) is 35.0 Å². The zero-order valence-corrected chi connectivity index (χ0v) is 12.4. The van der Waals surface area contributed by atoms with Gasteiger partial charge in [-0.1, -0.05) is 43.2 Å². The van der Waals surface area contributed by atoms with Crippen LogP contribution >= 0.6 is 0 Å². The van der Waals surface area contributed by atoms with E-state index >= 15 is 0 Å². The highest BCUT2D eigenvalue weighted by atomic mass is 16.6. The summed E-state index contributed by atoms with van der Waals surface area (Å²) in [5.41, 5.74) is 0.238. The summed E-state index contributed by atoms with van der Waals surface area (Å²) in [5.74, 6) is 0.0177. The molecular weight excluding hydrogens is 266 g/mol. The lowest BCUT2D eigenvalue weighted by Gasteiger charge is -2.37. The maximum atomic E-state index is 12.4. The van der Waals surface area contributed by atoms with Gasteiger partial charge in [0.05, 0.1) is 0 Å². The number of ketones is 1. The topological polar surface area (TPSA) is 46.6 Å². The zero-order chi connectivity index (χ0) is 14.9. The van der Waals surface area contributed by atoms with Crippen LogP contribution in [0.2, 0.25) is 0 Å². The van der Waals surface area contributed by atoms with Crippen LogP contribution in [0.4, 0.5) is 4.79 Å². The Kier molecular flexibility index (Phi) is 3.70. The van der Waals surface area contributed by atoms with Crippen LogP contribution in [0, 0.1) is 0 Å². The van der Waals surface area contributed by atoms with Gasteiger partial charge in [0.15, 0.2) is 5.78 Å². The lowest BCUT2D eigenvalue weighted by atomic mass is 9.85. The van der Waals surface area contributed by atoms with Crippen LogP contribution in [-0.2, 0) is 16.0 Å². The maximum absolute atomic E-state index is 12.4. The molecule has 21 heavy (non-hydrogen) atoms. The number of hydrogen-bond acceptors (Lipinski definition) is 3. The van der Waals surface area contributed by atoms with Gasteiger partial charge in [-0.05, 0) is 25.3 Å². The van der Waals surface area contributed by atoms with E-state index in [0.29, 0.717) is 6.42 Å². The molecule has 1 atom stereocenters. The molecule has 1 aromatic rings. The summed E-state index contributed by atoms with van der Waals surface area (Å²) in [6.45, 7) is 1.75. The number of rotatable bonds is 4. The molecule has 0 unspecified atom stereocenters. The van der Waals surface area contributed by atoms with Gasteiger partial charge >= 0.3 is 6.09 Å². The normalized spacial score (nSPS) is 26.1. The second kappa shape index (κ2) is 5.51. The van der Waals surface area contributed by atoms with Gasteiger partial charge in [-0.3, -0.25) is 9.69 Å². The van der Waals surface area contributed by atoms with Gasteiger partial charge in [0, 0.05) is 12.5 Å². The Labute approximate surface area is 125 Å². The van der Waals surface area contributed by atoms with Gasteiger partial charge < -0.3 is 4.74 Å². The van der Waals surface area contributed by atoms with E-state index in [0.717, 1.165) is 31.2 Å². The van der Waals surface area contributed by atoms with Crippen LogP contribution < -0.4 is 0 Å². The fourth-order valence-corrected chi connectivity index (χ4v) is 3.62. The smallest absolute Gasteiger partial charge is 0.411 e. The lowest BCUT2D eigenvalue weighted by molar-refractivity contribution is -0.127. The molecule has 1 saturated heterocycles. The van der Waals surface area contributed by atoms with Crippen molar-refractivity contribution in [2.24, 2.45) is 0 Å². The minimum Gasteiger partial charge on any atom is -0.446 e. The van der Waals surface area contributed by atoms with E-state index in [1.165, 1.54) is 0 Å². The van der Waals surface area contributed by atoms with Gasteiger partial charge in [0.1, 0.15) is 12.1 Å². The first-order valence-corrected chi connectivity index (χ1v) is 7.64. The van der Waals surface area contributed by atoms with Crippen molar-refractivity contribution in [3.05, 3.63) is 35.9 Å². The monoisotopic (exact) mass is 287 g/mol. The molecular formula is C17H21NO3. The highest BCUT2D eigenvalue weighted by Crippen LogP contribution is 2.36. The Morgan fingerprint density at radius 2 is 1.95 bits per heavy atom. The molecule has 1 amide bonds. The van der Waals surface area contributed by atoms with Crippen LogP contribution in [0.15, 0.2) is 30.3 Å². The number of Topliss-reactive ketones (excluding diaryl/α,β-unsaturated/α-hetero) is 1. The highest BCUT2D eigenvalue weighted by molar-refractivity contribution is 5.92. The molecule has 2 fully saturated rings. The first-order chi connectivity index (χ1) is 10.1. The van der Waals surface area contributed by atoms with Crippen molar-refractivity contribution in [2.45, 2.75) is 50.6 Å². The van der Waals surface area contributed by atoms with Gasteiger partial charge in [0.2, 0.25) is 0 Å². The first kappa shape index (κ1) is 14.1. The number of nitrogens with zero attached hydrogens (tertiary/aromatic N) is 1. The molecule has 4 heteroatoms. The minimum atomic E-state index is -0.826. The second-order valence-electron chi connectivity index (χ2n) is 6.11. The molecule has 0 spiro atoms. The maximum Gasteiger partial charge on any atom is 0.411 e. The predicted octanol–water partition coefficient (Wildman–Crippen LogP) is 2.95. The van der Waals surface area contributed by atoms with Crippen molar-refractivity contribution in [1.82, 2.24) is 4.90 Å². The molecule has 4 nitrogen and oxygen atoms in total. The molecule has 0 bridgehead atoms. The third-order valence-electron chi connectivity index (χ3n) is 4.78. The molecule has 1 aliphatic heterocycles. The average molecular weight is 287 g/mol. The molecule has 0 radical (unpaired) electrons. The lowest BCUT2D eigenvalue weighted by Crippen LogP contribution is -2.57. The first-order valence-electron chi connectivity index (χ1n) is 7.64. The van der Waals surface area contributed by atoms with Crippen molar-refractivity contribution in [3.8, 4) is 0 Å². The van der Waals surface area contributed by atoms with Crippen molar-refractivity contribution >= 4 is 11.9 Å². The van der Waals surface area contributed by atoms with Crippen molar-refractivity contribution in [2.75, 3.05) is 6.61 Å². The third-order valence-corrected chi connectivity index (χ3v) is 4.78. The van der Waals surface area contributed by atoms with E-state index in [2.05, 4.69) is 0 Å². The van der Waals surface area contributed by atoms with Crippen LogP contribution in [0.3, 0.4) is 0 Å². The van der Waals surface area contributed by atoms with Gasteiger partial charge in [-0.2, -0.15) is 0 Å². The molecule has 0 aromatic heterocycles. The summed E-state index contributed by atoms with van der Waals surface area (Å²) >= 11 is 0. The van der Waals surface area contributed by atoms with Gasteiger partial charge in [-0.25, -0.2) is 4.79 Å². The molecule has 1 saturated carbocycles. The summed E-state index contributed by atoms with van der Waals surface area (Å²) in [4.78, 5) is 26.4. The summed E-state index contributed by atoms with van der Waals surface area (Å²) in [5, 5.41) is 0. The Morgan fingerprint density at radius 3 is 2.57 bits per heavy atom. The SMILES string of the molecule is CC(=O)[C@]1(Cc2ccccc2)COC(=O)N1C1CCCC1. The number of ether oxygens (including phenoxy) is 1. The standard InChI is InChI=1S/C17H21NO3/c1-13(19)17(11-14-7-3-2-4-8-14)12-21-16(20)18(17)15-9-5-6-10-15/h2-4,7-8,15H,5-6,9-12H2,1H3/t17-/m0/s1. The molecule has 1 heterocycles. The molecule has 3 rings (SSSR count). The number of cyclic esters (lactones) is 1. The Balaban J connectivity index is 1.95. The number of hydrogen-bond donors (Lipinski definition) is 0. The summed E-state index contributed by atoms with van der Waals surface area (Å²) < 4.78 is 5.29. The van der Waals surface area contributed by atoms with E-state index in [1.54, 1.807) is 11.8 Å². The number of benzene rings is 1. The molecule has 0 N–H and O–H groups in total. The van der Waals surface area contributed by atoms with Gasteiger partial charge in [0.25, 0.3) is 0 Å². The van der Waals surface area contributed by atoms with E-state index in [9.17, 15) is 9.59 Å². The number of carbonyl (C=O) groups excluding carboxylic acids is 2. The summed E-state index contributed by atoms with van der Waals surface area (Å²) in [6.07, 6.45) is 4.39. The largest absolute Gasteiger partial charge is 0.446 e. The summed E-state index contributed by atoms with van der Waals surface area (Å²) in [7, 11) is 0. The average Bonchev–Trinajstić information content (AvgIpc) is 3.09. The highest BCUT2D eigenvalue weighted by Gasteiger charge is 2.54. The molecule has 2 aliphatic rings. The minimum absolute atomic E-state index is 0.0177.